The van der Waals surface area contributed by atoms with Crippen LogP contribution in [-0.2, 0) is 0 Å². The van der Waals surface area contributed by atoms with Crippen molar-refractivity contribution in [3.63, 3.8) is 0 Å². The molecule has 0 amide bonds. The van der Waals surface area contributed by atoms with Crippen LogP contribution in [0.25, 0.3) is 195 Å². The van der Waals surface area contributed by atoms with Gasteiger partial charge in [0.25, 0.3) is 0 Å². The van der Waals surface area contributed by atoms with E-state index >= 15 is 0 Å². The molecule has 22 aromatic heterocycles. The van der Waals surface area contributed by atoms with Crippen LogP contribution < -0.4 is 0 Å². The van der Waals surface area contributed by atoms with E-state index in [0.29, 0.717) is 23.0 Å². The predicted octanol–water partition coefficient (Wildman–Crippen LogP) is 38.1. The van der Waals surface area contributed by atoms with E-state index in [2.05, 4.69) is 246 Å². The van der Waals surface area contributed by atoms with Crippen molar-refractivity contribution < 1.29 is 20.4 Å². The maximum atomic E-state index is 11.1. The lowest BCUT2D eigenvalue weighted by molar-refractivity contribution is 0.479. The molecule has 22 heterocycles. The molecule has 26 heteroatoms. The molecule has 0 aliphatic carbocycles. The first-order valence-electron chi connectivity index (χ1n) is 36.6. The van der Waals surface area contributed by atoms with Gasteiger partial charge >= 0.3 is 0 Å². The maximum absolute atomic E-state index is 11.1. The molecule has 0 unspecified atom stereocenters. The van der Waals surface area contributed by atoms with Gasteiger partial charge in [-0.05, 0) is 246 Å². The van der Waals surface area contributed by atoms with Gasteiger partial charge in [0.05, 0.1) is 19.5 Å². The highest BCUT2D eigenvalue weighted by Crippen LogP contribution is 2.57. The monoisotopic (exact) mass is 1930 g/mol. The third-order valence-corrected chi connectivity index (χ3v) is 46.6. The van der Waals surface area contributed by atoms with Crippen LogP contribution in [0, 0.1) is 27.7 Å². The van der Waals surface area contributed by atoms with E-state index in [0.717, 1.165) is 68.3 Å². The highest BCUT2D eigenvalue weighted by Gasteiger charge is 2.25. The molecule has 4 N–H and O–H groups in total. The van der Waals surface area contributed by atoms with E-state index in [1.165, 1.54) is 146 Å². The first-order chi connectivity index (χ1) is 57.5. The highest BCUT2D eigenvalue weighted by atomic mass is 32.2. The van der Waals surface area contributed by atoms with E-state index in [9.17, 15) is 20.4 Å². The Morgan fingerprint density at radius 3 is 0.347 bits per heavy atom. The largest absolute Gasteiger partial charge is 0.506 e. The highest BCUT2D eigenvalue weighted by molar-refractivity contribution is 7.36. The zero-order valence-electron chi connectivity index (χ0n) is 61.9. The van der Waals surface area contributed by atoms with Crippen molar-refractivity contribution in [2.24, 2.45) is 0 Å². The molecule has 0 saturated carbocycles. The Kier molecular flexibility index (Phi) is 21.6. The summed E-state index contributed by atoms with van der Waals surface area (Å²) < 4.78 is 0. The molecule has 0 aliphatic rings. The van der Waals surface area contributed by atoms with Crippen LogP contribution in [0.1, 0.15) is 19.5 Å². The summed E-state index contributed by atoms with van der Waals surface area (Å²) >= 11 is 38.9. The van der Waals surface area contributed by atoms with Gasteiger partial charge in [0.15, 0.2) is 0 Å². The molecule has 0 aromatic carbocycles. The van der Waals surface area contributed by atoms with Crippen LogP contribution in [0.3, 0.4) is 0 Å². The van der Waals surface area contributed by atoms with Gasteiger partial charge in [-0.15, -0.1) is 249 Å². The van der Waals surface area contributed by atoms with Crippen molar-refractivity contribution in [1.82, 2.24) is 0 Å². The molecule has 0 radical (unpaired) electrons. The minimum Gasteiger partial charge on any atom is -0.506 e. The van der Waals surface area contributed by atoms with E-state index in [1.54, 1.807) is 159 Å². The number of aryl methyl sites for hydroxylation is 4. The average Bonchev–Trinajstić information content (AvgIpc) is 1.65. The predicted molar refractivity (Wildman–Crippen MR) is 541 cm³/mol. The summed E-state index contributed by atoms with van der Waals surface area (Å²) in [5.74, 6) is 1.34. The topological polar surface area (TPSA) is 80.9 Å². The molecule has 118 heavy (non-hydrogen) atoms. The normalized spacial score (nSPS) is 11.7. The fraction of sp³-hybridized carbons (Fsp3) is 0.0435. The van der Waals surface area contributed by atoms with Gasteiger partial charge in [0.1, 0.15) is 23.0 Å². The third-order valence-electron chi connectivity index (χ3n) is 19.1. The van der Waals surface area contributed by atoms with E-state index in [4.69, 9.17) is 0 Å². The van der Waals surface area contributed by atoms with Crippen molar-refractivity contribution in [2.75, 3.05) is 0 Å². The van der Waals surface area contributed by atoms with Crippen LogP contribution in [0.4, 0.5) is 0 Å². The zero-order chi connectivity index (χ0) is 79.6. The second-order valence-corrected chi connectivity index (χ2v) is 51.8. The number of thiophene rings is 22. The molecule has 0 aliphatic heterocycles. The average molecular weight is 1930 g/mol. The summed E-state index contributed by atoms with van der Waals surface area (Å²) in [6, 6.07) is 86.6. The van der Waals surface area contributed by atoms with Gasteiger partial charge in [0.2, 0.25) is 0 Å². The van der Waals surface area contributed by atoms with Crippen molar-refractivity contribution in [2.45, 2.75) is 27.7 Å². The van der Waals surface area contributed by atoms with Crippen molar-refractivity contribution in [3.8, 4) is 218 Å². The van der Waals surface area contributed by atoms with Crippen molar-refractivity contribution >= 4 is 249 Å². The molecule has 0 fully saturated rings. The molecular weight excluding hydrogens is 1870 g/mol. The van der Waals surface area contributed by atoms with E-state index in [-0.39, 0.29) is 0 Å². The van der Waals surface area contributed by atoms with Gasteiger partial charge in [-0.2, -0.15) is 0 Å². The Hall–Kier alpha value is -7.40. The summed E-state index contributed by atoms with van der Waals surface area (Å²) in [6.07, 6.45) is 0. The second kappa shape index (κ2) is 32.8. The standard InChI is InChI=1S/2C46H28O2S11/c2*1-23-3-5-27(49-23)29-7-9-31(51-29)33-13-15-39(54-33)43-21-26(48)46(58-43)42-20-18-38(57-42)36-12-11-32(53-36)34-14-16-40(55-34)44-22-25(47)45(59-44)41-19-17-37(56-41)35-10-8-30(52-35)28-6-4-24(2)50-28/h2*3-22,47-48H,1-2H3. The lowest BCUT2D eigenvalue weighted by Gasteiger charge is -1.94. The van der Waals surface area contributed by atoms with Crippen LogP contribution in [0.5, 0.6) is 23.0 Å². The Balaban J connectivity index is 0.000000147. The maximum Gasteiger partial charge on any atom is 0.135 e. The lowest BCUT2D eigenvalue weighted by atomic mass is 10.3. The molecule has 580 valence electrons. The van der Waals surface area contributed by atoms with Gasteiger partial charge in [-0.3, -0.25) is 0 Å². The first kappa shape index (κ1) is 77.9. The molecule has 22 aromatic rings. The molecule has 0 saturated heterocycles. The van der Waals surface area contributed by atoms with E-state index < -0.39 is 0 Å². The Morgan fingerprint density at radius 1 is 0.119 bits per heavy atom. The van der Waals surface area contributed by atoms with Crippen molar-refractivity contribution in [3.05, 3.63) is 262 Å². The fourth-order valence-corrected chi connectivity index (χ4v) is 37.0. The summed E-state index contributed by atoms with van der Waals surface area (Å²) in [5.41, 5.74) is 0. The lowest BCUT2D eigenvalue weighted by Crippen LogP contribution is -1.61. The molecule has 22 rings (SSSR count). The quantitative estimate of drug-likeness (QED) is 0.0613. The Bertz CT molecular complexity index is 6940. The molecule has 0 bridgehead atoms. The molecule has 0 spiro atoms. The number of hydrogen-bond acceptors (Lipinski definition) is 26. The van der Waals surface area contributed by atoms with Crippen LogP contribution in [-0.4, -0.2) is 20.4 Å². The summed E-state index contributed by atoms with van der Waals surface area (Å²) in [5, 5.41) is 44.4. The van der Waals surface area contributed by atoms with Crippen LogP contribution in [0.2, 0.25) is 0 Å². The third kappa shape index (κ3) is 15.7. The number of aromatic hydroxyl groups is 4. The fourth-order valence-electron chi connectivity index (χ4n) is 13.4. The van der Waals surface area contributed by atoms with Gasteiger partial charge in [-0.25, -0.2) is 0 Å². The number of hydrogen-bond donors (Lipinski definition) is 4. The molecule has 4 nitrogen and oxygen atoms in total. The summed E-state index contributed by atoms with van der Waals surface area (Å²) in [4.78, 5) is 52.5. The minimum absolute atomic E-state index is 0.334. The van der Waals surface area contributed by atoms with Gasteiger partial charge in [-0.1, -0.05) is 0 Å². The van der Waals surface area contributed by atoms with Crippen molar-refractivity contribution in [1.29, 1.82) is 0 Å². The van der Waals surface area contributed by atoms with Crippen LogP contribution >= 0.6 is 249 Å². The smallest absolute Gasteiger partial charge is 0.135 e. The minimum atomic E-state index is 0.334. The molecule has 0 atom stereocenters. The molecular formula is C92H56O4S22. The van der Waals surface area contributed by atoms with Gasteiger partial charge < -0.3 is 20.4 Å². The Labute approximate surface area is 767 Å². The van der Waals surface area contributed by atoms with Crippen LogP contribution in [0.15, 0.2) is 243 Å². The summed E-state index contributed by atoms with van der Waals surface area (Å²) in [7, 11) is 0. The summed E-state index contributed by atoms with van der Waals surface area (Å²) in [6.45, 7) is 8.60. The second-order valence-electron chi connectivity index (χ2n) is 27.2. The number of rotatable bonds is 20. The zero-order valence-corrected chi connectivity index (χ0v) is 79.8. The van der Waals surface area contributed by atoms with E-state index in [1.807, 2.05) is 115 Å². The SMILES string of the molecule is Cc1ccc(-c2ccc(-c3ccc(-c4cc(O)c(-c5ccc(-c6ccc(-c7ccc(-c8cc(O)c(-c9ccc(-c%10ccc(-c%11ccc(C)s%11)s%10)s9)s8)s7)s6)s5)s4)s3)s2)s1.Cc1ccc(-c2ccc(-c3ccc(-c4cc(O)c(-c5ccc(-c6ccc(-c7ccc(-c8cc(O)c(-c9ccc(-c%10ccc(-c%11ccc(C)s%11)s%10)s9)s8)s7)s6)s5)s4)s3)s2)s1. The van der Waals surface area contributed by atoms with Gasteiger partial charge in [0, 0.05) is 219 Å². The first-order valence-corrected chi connectivity index (χ1v) is 54.5. The Morgan fingerprint density at radius 2 is 0.220 bits per heavy atom.